The minimum atomic E-state index is 0.240. The molecule has 8 aromatic carbocycles. The highest BCUT2D eigenvalue weighted by Crippen LogP contribution is 2.55. The van der Waals surface area contributed by atoms with Gasteiger partial charge < -0.3 is 4.90 Å². The summed E-state index contributed by atoms with van der Waals surface area (Å²) in [5.41, 5.74) is 32.9. The fraction of sp³-hybridized carbons (Fsp3) is 0.312. The number of nitrogens with zero attached hydrogens (tertiary/aromatic N) is 7. The zero-order chi connectivity index (χ0) is 75.5. The Balaban J connectivity index is 0.000000128. The summed E-state index contributed by atoms with van der Waals surface area (Å²) in [4.78, 5) is 12.8. The molecule has 0 fully saturated rings. The van der Waals surface area contributed by atoms with Crippen LogP contribution in [0.4, 0.5) is 17.1 Å². The van der Waals surface area contributed by atoms with Gasteiger partial charge in [-0.05, 0) is 231 Å². The van der Waals surface area contributed by atoms with Crippen LogP contribution in [0.1, 0.15) is 185 Å². The summed E-state index contributed by atoms with van der Waals surface area (Å²) in [5.74, 6) is 0.598. The first-order valence-corrected chi connectivity index (χ1v) is 43.4. The minimum Gasteiger partial charge on any atom is -0.311 e. The van der Waals surface area contributed by atoms with Gasteiger partial charge in [0.15, 0.2) is 0 Å². The van der Waals surface area contributed by atoms with Gasteiger partial charge in [0, 0.05) is 83.7 Å². The van der Waals surface area contributed by atoms with Crippen LogP contribution in [0, 0.1) is 83.1 Å². The van der Waals surface area contributed by atoms with E-state index in [1.54, 1.807) is 33.8 Å². The van der Waals surface area contributed by atoms with Gasteiger partial charge >= 0.3 is 0 Å². The summed E-state index contributed by atoms with van der Waals surface area (Å²) in [6.07, 6.45) is 14.6. The van der Waals surface area contributed by atoms with Crippen molar-refractivity contribution in [3.8, 4) is 52.9 Å². The Hall–Kier alpha value is -8.18. The largest absolute Gasteiger partial charge is 0.311 e. The van der Waals surface area contributed by atoms with E-state index >= 15 is 0 Å². The SMILES string of the molecule is CCC(C)c1ccc(N(c2ccc(C)cc2)c2ccc(C)cc2)cc1.CCCCCCC1(CCCCCC)c2cc(C)ccc2-c2ccc(C)cc21.Cc1cc(-c2ccc(-c3cc(C)c(C)s3)c3nsnc23)sc1C.Cc1ccc(-c2ccc(-c3ccc(C)s3)c3nsnc23)s1.Cc1ccc(C)c2nsnc12. The van der Waals surface area contributed by atoms with Gasteiger partial charge in [0.05, 0.1) is 35.2 Å². The van der Waals surface area contributed by atoms with Gasteiger partial charge in [-0.25, -0.2) is 0 Å². The van der Waals surface area contributed by atoms with E-state index in [1.165, 1.54) is 245 Å². The van der Waals surface area contributed by atoms with Crippen LogP contribution in [-0.4, -0.2) is 26.2 Å². The third-order valence-electron chi connectivity index (χ3n) is 21.0. The molecule has 1 atom stereocenters. The lowest BCUT2D eigenvalue weighted by molar-refractivity contribution is 0.400. The van der Waals surface area contributed by atoms with Crippen molar-refractivity contribution < 1.29 is 0 Å². The standard InChI is InChI=1S/C27H38.C24H27N.C18H16N2S3.C16H12N2S3.C8H8N2S/c1-5-7-9-11-17-27(18-12-10-8-6-2)25-19-21(3)13-15-23(25)24-16-14-22(4)20-26(24)27;1-5-20(4)21-10-16-24(17-11-21)25(22-12-6-18(2)7-13-22)23-14-8-19(3)9-15-23;1-9-7-15(21-11(9)3)13-5-6-14(18-17(13)19-23-20-18)16-8-10(2)12(4)22-16;1-9-3-7-13(19-9)11-5-6-12(14-8-4-10(2)20-14)16-15(11)17-21-18-16;1-5-3-4-6(2)8-7(5)9-11-10-8/h13-16,19-20H,5-12,17-18H2,1-4H3;6-17,20H,5H2,1-4H3;5-8H,1-4H3;3-8H,1-2H3;3-4H,1-2H3. The van der Waals surface area contributed by atoms with Gasteiger partial charge in [-0.3, -0.25) is 0 Å². The minimum absolute atomic E-state index is 0.240. The number of aromatic nitrogens is 6. The Kier molecular flexibility index (Phi) is 26.3. The summed E-state index contributed by atoms with van der Waals surface area (Å²) >= 11 is 11.2. The molecule has 14 heteroatoms. The highest BCUT2D eigenvalue weighted by atomic mass is 32.1. The van der Waals surface area contributed by atoms with E-state index in [9.17, 15) is 0 Å². The van der Waals surface area contributed by atoms with Gasteiger partial charge in [0.2, 0.25) is 0 Å². The number of benzene rings is 8. The Bertz CT molecular complexity index is 5100. The van der Waals surface area contributed by atoms with E-state index in [1.807, 2.05) is 22.7 Å². The van der Waals surface area contributed by atoms with Crippen molar-refractivity contribution in [2.45, 2.75) is 193 Å². The van der Waals surface area contributed by atoms with Crippen molar-refractivity contribution in [1.82, 2.24) is 26.2 Å². The van der Waals surface area contributed by atoms with Gasteiger partial charge in [0.1, 0.15) is 33.1 Å². The Morgan fingerprint density at radius 2 is 0.664 bits per heavy atom. The Morgan fingerprint density at radius 1 is 0.318 bits per heavy atom. The van der Waals surface area contributed by atoms with Crippen molar-refractivity contribution in [2.75, 3.05) is 4.90 Å². The average Bonchev–Trinajstić information content (AvgIpc) is 1.57. The van der Waals surface area contributed by atoms with Crippen LogP contribution in [0.3, 0.4) is 0 Å². The molecule has 0 amide bonds. The maximum atomic E-state index is 4.59. The predicted octanol–water partition coefficient (Wildman–Crippen LogP) is 30.3. The molecular weight excluding hydrogens is 1440 g/mol. The van der Waals surface area contributed by atoms with Crippen molar-refractivity contribution in [3.05, 3.63) is 263 Å². The molecule has 16 rings (SSSR count). The lowest BCUT2D eigenvalue weighted by Gasteiger charge is -2.33. The van der Waals surface area contributed by atoms with Crippen LogP contribution < -0.4 is 4.90 Å². The quantitative estimate of drug-likeness (QED) is 0.0746. The van der Waals surface area contributed by atoms with Gasteiger partial charge in [-0.2, -0.15) is 26.2 Å². The molecule has 0 aliphatic heterocycles. The number of unbranched alkanes of at least 4 members (excludes halogenated alkanes) is 6. The van der Waals surface area contributed by atoms with Gasteiger partial charge in [0.25, 0.3) is 0 Å². The van der Waals surface area contributed by atoms with Gasteiger partial charge in [-0.1, -0.05) is 211 Å². The smallest absolute Gasteiger partial charge is 0.114 e. The molecule has 1 aliphatic carbocycles. The number of fused-ring (bicyclic) bond motifs is 6. The van der Waals surface area contributed by atoms with E-state index in [-0.39, 0.29) is 5.41 Å². The molecule has 1 aliphatic rings. The van der Waals surface area contributed by atoms with E-state index in [4.69, 9.17) is 0 Å². The molecule has 107 heavy (non-hydrogen) atoms. The maximum Gasteiger partial charge on any atom is 0.114 e. The Morgan fingerprint density at radius 3 is 1.00 bits per heavy atom. The molecule has 0 saturated carbocycles. The first-order chi connectivity index (χ1) is 51.7. The van der Waals surface area contributed by atoms with E-state index in [0.717, 1.165) is 33.1 Å². The monoisotopic (exact) mass is 1540 g/mol. The summed E-state index contributed by atoms with van der Waals surface area (Å²) in [5, 5.41) is 0. The normalized spacial score (nSPS) is 12.2. The van der Waals surface area contributed by atoms with Crippen molar-refractivity contribution in [3.63, 3.8) is 0 Å². The molecular formula is C93H101N7S7. The molecule has 7 heterocycles. The highest BCUT2D eigenvalue weighted by molar-refractivity contribution is 7.17. The lowest BCUT2D eigenvalue weighted by Crippen LogP contribution is -2.25. The fourth-order valence-electron chi connectivity index (χ4n) is 14.3. The second-order valence-electron chi connectivity index (χ2n) is 29.1. The van der Waals surface area contributed by atoms with Crippen LogP contribution in [0.5, 0.6) is 0 Å². The summed E-state index contributed by atoms with van der Waals surface area (Å²) in [6, 6.07) is 66.9. The summed E-state index contributed by atoms with van der Waals surface area (Å²) in [6.45, 7) is 35.0. The summed E-state index contributed by atoms with van der Waals surface area (Å²) < 4.78 is 26.7. The molecule has 550 valence electrons. The molecule has 0 saturated heterocycles. The zero-order valence-corrected chi connectivity index (χ0v) is 70.9. The maximum absolute atomic E-state index is 4.59. The molecule has 7 aromatic heterocycles. The number of thiophene rings is 4. The third-order valence-corrected chi connectivity index (χ3v) is 27.1. The van der Waals surface area contributed by atoms with Gasteiger partial charge in [-0.15, -0.1) is 45.3 Å². The van der Waals surface area contributed by atoms with Crippen LogP contribution in [-0.2, 0) is 5.41 Å². The topological polar surface area (TPSA) is 80.6 Å². The number of anilines is 3. The van der Waals surface area contributed by atoms with Crippen LogP contribution >= 0.6 is 80.5 Å². The van der Waals surface area contributed by atoms with Crippen molar-refractivity contribution >= 4 is 131 Å². The second kappa shape index (κ2) is 35.9. The van der Waals surface area contributed by atoms with Crippen molar-refractivity contribution in [1.29, 1.82) is 0 Å². The Labute approximate surface area is 664 Å². The van der Waals surface area contributed by atoms with Crippen LogP contribution in [0.15, 0.2) is 182 Å². The number of hydrogen-bond acceptors (Lipinski definition) is 14. The number of aryl methyl sites for hydroxylation is 12. The van der Waals surface area contributed by atoms with Crippen molar-refractivity contribution in [2.24, 2.45) is 0 Å². The number of hydrogen-bond donors (Lipinski definition) is 0. The molecule has 0 radical (unpaired) electrons. The molecule has 0 N–H and O–H groups in total. The molecule has 7 nitrogen and oxygen atoms in total. The first kappa shape index (κ1) is 78.4. The number of rotatable bonds is 19. The molecule has 1 unspecified atom stereocenters. The van der Waals surface area contributed by atoms with Crippen LogP contribution in [0.2, 0.25) is 0 Å². The second-order valence-corrected chi connectivity index (χ2v) is 35.8. The lowest BCUT2D eigenvalue weighted by atomic mass is 9.70. The molecule has 0 bridgehead atoms. The third kappa shape index (κ3) is 18.1. The van der Waals surface area contributed by atoms with E-state index in [2.05, 4.69) is 324 Å². The molecule has 15 aromatic rings. The highest BCUT2D eigenvalue weighted by Gasteiger charge is 2.42. The molecule has 0 spiro atoms. The average molecular weight is 1540 g/mol. The van der Waals surface area contributed by atoms with Crippen LogP contribution in [0.25, 0.3) is 86.0 Å². The fourth-order valence-corrected chi connectivity index (χ4v) is 20.0. The zero-order valence-electron chi connectivity index (χ0n) is 65.2. The van der Waals surface area contributed by atoms with E-state index in [0.29, 0.717) is 5.92 Å². The predicted molar refractivity (Wildman–Crippen MR) is 472 cm³/mol. The summed E-state index contributed by atoms with van der Waals surface area (Å²) in [7, 11) is 0. The first-order valence-electron chi connectivity index (χ1n) is 38.0. The van der Waals surface area contributed by atoms with E-state index < -0.39 is 0 Å².